The van der Waals surface area contributed by atoms with Gasteiger partial charge in [-0.2, -0.15) is 9.29 Å². The third kappa shape index (κ3) is 4.02. The van der Waals surface area contributed by atoms with Gasteiger partial charge in [-0.25, -0.2) is 13.4 Å². The Morgan fingerprint density at radius 1 is 1.36 bits per heavy atom. The van der Waals surface area contributed by atoms with E-state index in [0.717, 1.165) is 4.31 Å². The second-order valence-corrected chi connectivity index (χ2v) is 7.71. The van der Waals surface area contributed by atoms with Gasteiger partial charge in [0.25, 0.3) is 0 Å². The number of aromatic nitrogens is 3. The normalized spacial score (nSPS) is 12.3. The van der Waals surface area contributed by atoms with Gasteiger partial charge in [0.1, 0.15) is 10.0 Å². The van der Waals surface area contributed by atoms with Crippen LogP contribution in [0.4, 0.5) is 0 Å². The molecule has 0 aliphatic rings. The second kappa shape index (κ2) is 6.72. The Morgan fingerprint density at radius 2 is 2.09 bits per heavy atom. The van der Waals surface area contributed by atoms with E-state index in [1.165, 1.54) is 25.4 Å². The molecule has 0 aliphatic heterocycles. The summed E-state index contributed by atoms with van der Waals surface area (Å²) < 4.78 is 31.0. The number of nitrogens with zero attached hydrogens (tertiary/aromatic N) is 4. The minimum Gasteiger partial charge on any atom is -0.339 e. The molecule has 0 spiro atoms. The molecule has 0 saturated heterocycles. The number of hydrogen-bond acceptors (Lipinski definition) is 6. The summed E-state index contributed by atoms with van der Waals surface area (Å²) in [7, 11) is -2.23. The molecule has 0 bridgehead atoms. The maximum Gasteiger partial charge on any atom is 0.244 e. The average molecular weight is 345 g/mol. The predicted octanol–water partition coefficient (Wildman–Crippen LogP) is 2.14. The van der Waals surface area contributed by atoms with Gasteiger partial charge in [-0.15, -0.1) is 0 Å². The topological polar surface area (TPSA) is 89.2 Å². The fraction of sp³-hybridized carbons (Fsp3) is 0.462. The average Bonchev–Trinajstić information content (AvgIpc) is 2.85. The first-order chi connectivity index (χ1) is 10.3. The molecule has 0 saturated carbocycles. The van der Waals surface area contributed by atoms with Gasteiger partial charge in [-0.05, 0) is 18.1 Å². The zero-order valence-electron chi connectivity index (χ0n) is 12.5. The summed E-state index contributed by atoms with van der Waals surface area (Å²) in [6.45, 7) is 4.09. The molecule has 120 valence electrons. The van der Waals surface area contributed by atoms with E-state index in [-0.39, 0.29) is 16.6 Å². The molecule has 0 radical (unpaired) electrons. The van der Waals surface area contributed by atoms with E-state index >= 15 is 0 Å². The first kappa shape index (κ1) is 16.9. The van der Waals surface area contributed by atoms with Gasteiger partial charge in [0.15, 0.2) is 5.82 Å². The van der Waals surface area contributed by atoms with Crippen molar-refractivity contribution in [3.05, 3.63) is 35.2 Å². The molecule has 0 unspecified atom stereocenters. The minimum atomic E-state index is -3.68. The predicted molar refractivity (Wildman–Crippen MR) is 80.7 cm³/mol. The molecule has 0 fully saturated rings. The van der Waals surface area contributed by atoms with Crippen molar-refractivity contribution in [3.8, 4) is 0 Å². The molecule has 0 aliphatic carbocycles. The first-order valence-corrected chi connectivity index (χ1v) is 8.50. The number of pyridine rings is 1. The van der Waals surface area contributed by atoms with Crippen LogP contribution in [-0.4, -0.2) is 34.9 Å². The van der Waals surface area contributed by atoms with Gasteiger partial charge < -0.3 is 4.52 Å². The monoisotopic (exact) mass is 344 g/mol. The molecule has 2 aromatic heterocycles. The maximum atomic E-state index is 12.4. The van der Waals surface area contributed by atoms with Crippen molar-refractivity contribution >= 4 is 21.6 Å². The van der Waals surface area contributed by atoms with Crippen molar-refractivity contribution in [1.29, 1.82) is 0 Å². The van der Waals surface area contributed by atoms with Gasteiger partial charge in [0, 0.05) is 19.7 Å². The van der Waals surface area contributed by atoms with Crippen molar-refractivity contribution in [3.63, 3.8) is 0 Å². The van der Waals surface area contributed by atoms with Crippen LogP contribution in [0.3, 0.4) is 0 Å². The van der Waals surface area contributed by atoms with E-state index in [4.69, 9.17) is 16.1 Å². The van der Waals surface area contributed by atoms with E-state index in [2.05, 4.69) is 15.1 Å². The smallest absolute Gasteiger partial charge is 0.244 e. The fourth-order valence-corrected chi connectivity index (χ4v) is 2.95. The summed E-state index contributed by atoms with van der Waals surface area (Å²) in [6, 6.07) is 2.83. The highest BCUT2D eigenvalue weighted by molar-refractivity contribution is 7.89. The third-order valence-corrected chi connectivity index (χ3v) is 4.88. The number of rotatable bonds is 6. The van der Waals surface area contributed by atoms with Crippen LogP contribution in [0.5, 0.6) is 0 Å². The molecule has 0 N–H and O–H groups in total. The van der Waals surface area contributed by atoms with Gasteiger partial charge >= 0.3 is 0 Å². The lowest BCUT2D eigenvalue weighted by Crippen LogP contribution is -2.27. The number of hydrogen-bond donors (Lipinski definition) is 0. The zero-order valence-corrected chi connectivity index (χ0v) is 14.1. The van der Waals surface area contributed by atoms with Crippen molar-refractivity contribution < 1.29 is 12.9 Å². The van der Waals surface area contributed by atoms with Crippen LogP contribution in [0.2, 0.25) is 5.15 Å². The Morgan fingerprint density at radius 3 is 2.68 bits per heavy atom. The zero-order chi connectivity index (χ0) is 16.3. The summed E-state index contributed by atoms with van der Waals surface area (Å²) in [5, 5.41) is 4.04. The summed E-state index contributed by atoms with van der Waals surface area (Å²) in [4.78, 5) is 8.03. The molecular formula is C13H17ClN4O3S. The van der Waals surface area contributed by atoms with Crippen molar-refractivity contribution in [1.82, 2.24) is 19.4 Å². The lowest BCUT2D eigenvalue weighted by Gasteiger charge is -2.14. The standard InChI is InChI=1S/C13H17ClN4O3S/c1-9(2)6-13-16-12(17-21-13)8-18(3)22(19,20)10-4-5-11(14)15-7-10/h4-5,7,9H,6,8H2,1-3H3. The molecule has 7 nitrogen and oxygen atoms in total. The molecule has 0 amide bonds. The van der Waals surface area contributed by atoms with Gasteiger partial charge in [0.05, 0.1) is 6.54 Å². The van der Waals surface area contributed by atoms with Gasteiger partial charge in [-0.3, -0.25) is 0 Å². The van der Waals surface area contributed by atoms with Crippen LogP contribution in [0, 0.1) is 5.92 Å². The van der Waals surface area contributed by atoms with Crippen LogP contribution in [0.15, 0.2) is 27.7 Å². The molecule has 2 rings (SSSR count). The number of halogens is 1. The molecule has 9 heteroatoms. The third-order valence-electron chi connectivity index (χ3n) is 2.87. The molecule has 0 atom stereocenters. The lowest BCUT2D eigenvalue weighted by atomic mass is 10.1. The lowest BCUT2D eigenvalue weighted by molar-refractivity contribution is 0.353. The summed E-state index contributed by atoms with van der Waals surface area (Å²) >= 11 is 5.66. The van der Waals surface area contributed by atoms with E-state index in [0.29, 0.717) is 24.1 Å². The largest absolute Gasteiger partial charge is 0.339 e. The Hall–Kier alpha value is -1.51. The van der Waals surface area contributed by atoms with Crippen molar-refractivity contribution in [2.45, 2.75) is 31.7 Å². The Bertz CT molecular complexity index is 728. The van der Waals surface area contributed by atoms with Crippen LogP contribution in [0.25, 0.3) is 0 Å². The van der Waals surface area contributed by atoms with Crippen LogP contribution in [-0.2, 0) is 23.0 Å². The van der Waals surface area contributed by atoms with E-state index in [9.17, 15) is 8.42 Å². The maximum absolute atomic E-state index is 12.4. The van der Waals surface area contributed by atoms with Gasteiger partial charge in [-0.1, -0.05) is 30.6 Å². The van der Waals surface area contributed by atoms with E-state index in [1.807, 2.05) is 13.8 Å². The second-order valence-electron chi connectivity index (χ2n) is 5.28. The molecule has 2 aromatic rings. The Kier molecular flexibility index (Phi) is 5.15. The van der Waals surface area contributed by atoms with Crippen LogP contribution < -0.4 is 0 Å². The van der Waals surface area contributed by atoms with Crippen molar-refractivity contribution in [2.75, 3.05) is 7.05 Å². The minimum absolute atomic E-state index is 0.0204. The van der Waals surface area contributed by atoms with E-state index in [1.54, 1.807) is 0 Å². The highest BCUT2D eigenvalue weighted by Crippen LogP contribution is 2.17. The molecule has 22 heavy (non-hydrogen) atoms. The number of sulfonamides is 1. The summed E-state index contributed by atoms with van der Waals surface area (Å²) in [5.41, 5.74) is 0. The molecule has 0 aromatic carbocycles. The fourth-order valence-electron chi connectivity index (χ4n) is 1.77. The summed E-state index contributed by atoms with van der Waals surface area (Å²) in [6.07, 6.45) is 1.87. The van der Waals surface area contributed by atoms with E-state index < -0.39 is 10.0 Å². The Labute approximate surface area is 134 Å². The quantitative estimate of drug-likeness (QED) is 0.746. The highest BCUT2D eigenvalue weighted by atomic mass is 35.5. The molecular weight excluding hydrogens is 328 g/mol. The van der Waals surface area contributed by atoms with Crippen LogP contribution in [0.1, 0.15) is 25.6 Å². The molecule has 2 heterocycles. The van der Waals surface area contributed by atoms with Gasteiger partial charge in [0.2, 0.25) is 15.9 Å². The SMILES string of the molecule is CC(C)Cc1nc(CN(C)S(=O)(=O)c2ccc(Cl)nc2)no1. The van der Waals surface area contributed by atoms with Crippen LogP contribution >= 0.6 is 11.6 Å². The highest BCUT2D eigenvalue weighted by Gasteiger charge is 2.23. The summed E-state index contributed by atoms with van der Waals surface area (Å²) in [5.74, 6) is 1.21. The Balaban J connectivity index is 2.12. The van der Waals surface area contributed by atoms with Crippen molar-refractivity contribution in [2.24, 2.45) is 5.92 Å². The first-order valence-electron chi connectivity index (χ1n) is 6.68.